The minimum absolute atomic E-state index is 0.683. The Morgan fingerprint density at radius 1 is 1.16 bits per heavy atom. The molecule has 1 aromatic rings. The maximum atomic E-state index is 2.66. The zero-order chi connectivity index (χ0) is 13.7. The molecule has 2 nitrogen and oxygen atoms in total. The first kappa shape index (κ1) is 14.5. The van der Waals surface area contributed by atoms with Gasteiger partial charge in [0.2, 0.25) is 0 Å². The predicted octanol–water partition coefficient (Wildman–Crippen LogP) is 3.21. The monoisotopic (exact) mass is 260 g/mol. The lowest BCUT2D eigenvalue weighted by Gasteiger charge is -2.40. The maximum Gasteiger partial charge on any atom is 0.0218 e. The van der Waals surface area contributed by atoms with Crippen LogP contribution in [0.3, 0.4) is 0 Å². The van der Waals surface area contributed by atoms with Crippen LogP contribution in [-0.4, -0.2) is 49.1 Å². The van der Waals surface area contributed by atoms with Gasteiger partial charge in [-0.3, -0.25) is 4.90 Å². The van der Waals surface area contributed by atoms with E-state index >= 15 is 0 Å². The molecule has 0 amide bonds. The molecule has 19 heavy (non-hydrogen) atoms. The van der Waals surface area contributed by atoms with Crippen LogP contribution in [0.5, 0.6) is 0 Å². The second-order valence-electron chi connectivity index (χ2n) is 5.82. The van der Waals surface area contributed by atoms with Gasteiger partial charge in [0.05, 0.1) is 0 Å². The Hall–Kier alpha value is -0.860. The van der Waals surface area contributed by atoms with E-state index in [9.17, 15) is 0 Å². The molecule has 0 radical (unpaired) electrons. The molecule has 2 heteroatoms. The zero-order valence-corrected chi connectivity index (χ0v) is 12.7. The maximum absolute atomic E-state index is 2.66. The number of hydrogen-bond donors (Lipinski definition) is 0. The highest BCUT2D eigenvalue weighted by Gasteiger charge is 2.24. The fraction of sp³-hybridized carbons (Fsp3) is 0.647. The molecule has 0 unspecified atom stereocenters. The SMILES string of the molecule is CC[C@H](CN1CCN(C)[C@H](CC)C1)c1ccccc1. The van der Waals surface area contributed by atoms with Gasteiger partial charge >= 0.3 is 0 Å². The van der Waals surface area contributed by atoms with Gasteiger partial charge in [-0.2, -0.15) is 0 Å². The molecule has 2 rings (SSSR count). The van der Waals surface area contributed by atoms with Crippen molar-refractivity contribution in [1.29, 1.82) is 0 Å². The third-order valence-corrected chi connectivity index (χ3v) is 4.57. The summed E-state index contributed by atoms with van der Waals surface area (Å²) >= 11 is 0. The summed E-state index contributed by atoms with van der Waals surface area (Å²) in [7, 11) is 2.26. The van der Waals surface area contributed by atoms with Crippen LogP contribution in [0.2, 0.25) is 0 Å². The summed E-state index contributed by atoms with van der Waals surface area (Å²) in [6.07, 6.45) is 2.49. The van der Waals surface area contributed by atoms with Gasteiger partial charge in [0.1, 0.15) is 0 Å². The van der Waals surface area contributed by atoms with Gasteiger partial charge in [0.25, 0.3) is 0 Å². The molecular formula is C17H28N2. The van der Waals surface area contributed by atoms with E-state index in [0.29, 0.717) is 5.92 Å². The Bertz CT molecular complexity index is 363. The molecule has 1 saturated heterocycles. The molecule has 0 bridgehead atoms. The van der Waals surface area contributed by atoms with E-state index in [1.54, 1.807) is 0 Å². The Balaban J connectivity index is 1.96. The normalized spacial score (nSPS) is 23.4. The van der Waals surface area contributed by atoms with E-state index in [4.69, 9.17) is 0 Å². The highest BCUT2D eigenvalue weighted by molar-refractivity contribution is 5.19. The second kappa shape index (κ2) is 7.06. The second-order valence-corrected chi connectivity index (χ2v) is 5.82. The summed E-state index contributed by atoms with van der Waals surface area (Å²) in [4.78, 5) is 5.18. The number of piperazine rings is 1. The van der Waals surface area contributed by atoms with Crippen LogP contribution >= 0.6 is 0 Å². The fourth-order valence-electron chi connectivity index (χ4n) is 3.12. The van der Waals surface area contributed by atoms with Gasteiger partial charge in [0.15, 0.2) is 0 Å². The van der Waals surface area contributed by atoms with E-state index in [0.717, 1.165) is 6.04 Å². The van der Waals surface area contributed by atoms with Gasteiger partial charge < -0.3 is 4.90 Å². The van der Waals surface area contributed by atoms with Crippen molar-refractivity contribution in [3.63, 3.8) is 0 Å². The number of likely N-dealkylation sites (N-methyl/N-ethyl adjacent to an activating group) is 1. The van der Waals surface area contributed by atoms with Crippen LogP contribution < -0.4 is 0 Å². The summed E-state index contributed by atoms with van der Waals surface area (Å²) < 4.78 is 0. The number of nitrogens with zero attached hydrogens (tertiary/aromatic N) is 2. The molecule has 1 aliphatic heterocycles. The van der Waals surface area contributed by atoms with E-state index in [1.165, 1.54) is 44.6 Å². The minimum atomic E-state index is 0.683. The van der Waals surface area contributed by atoms with Crippen molar-refractivity contribution >= 4 is 0 Å². The van der Waals surface area contributed by atoms with E-state index in [-0.39, 0.29) is 0 Å². The Kier molecular flexibility index (Phi) is 5.41. The van der Waals surface area contributed by atoms with E-state index in [2.05, 4.69) is 61.0 Å². The molecule has 106 valence electrons. The highest BCUT2D eigenvalue weighted by Crippen LogP contribution is 2.22. The summed E-state index contributed by atoms with van der Waals surface area (Å²) in [6.45, 7) is 9.49. The topological polar surface area (TPSA) is 6.48 Å². The zero-order valence-electron chi connectivity index (χ0n) is 12.7. The number of benzene rings is 1. The largest absolute Gasteiger partial charge is 0.301 e. The molecule has 0 spiro atoms. The van der Waals surface area contributed by atoms with Gasteiger partial charge in [-0.1, -0.05) is 44.2 Å². The standard InChI is InChI=1S/C17H28N2/c1-4-15(16-9-7-6-8-10-16)13-19-12-11-18(3)17(5-2)14-19/h6-10,15,17H,4-5,11-14H2,1-3H3/t15-,17-/m1/s1. The van der Waals surface area contributed by atoms with Crippen molar-refractivity contribution in [3.8, 4) is 0 Å². The first-order chi connectivity index (χ1) is 9.24. The first-order valence-corrected chi connectivity index (χ1v) is 7.72. The lowest BCUT2D eigenvalue weighted by Crippen LogP contribution is -2.51. The van der Waals surface area contributed by atoms with Crippen molar-refractivity contribution in [1.82, 2.24) is 9.80 Å². The van der Waals surface area contributed by atoms with Gasteiger partial charge in [-0.25, -0.2) is 0 Å². The Morgan fingerprint density at radius 3 is 2.53 bits per heavy atom. The molecular weight excluding hydrogens is 232 g/mol. The molecule has 1 aliphatic rings. The summed E-state index contributed by atoms with van der Waals surface area (Å²) in [5.41, 5.74) is 1.50. The molecule has 0 aliphatic carbocycles. The number of rotatable bonds is 5. The molecule has 1 aromatic carbocycles. The van der Waals surface area contributed by atoms with Crippen LogP contribution in [0.15, 0.2) is 30.3 Å². The molecule has 0 saturated carbocycles. The van der Waals surface area contributed by atoms with Crippen molar-refractivity contribution < 1.29 is 0 Å². The predicted molar refractivity (Wildman–Crippen MR) is 82.6 cm³/mol. The highest BCUT2D eigenvalue weighted by atomic mass is 15.3. The van der Waals surface area contributed by atoms with Crippen LogP contribution in [0.4, 0.5) is 0 Å². The molecule has 1 heterocycles. The number of hydrogen-bond acceptors (Lipinski definition) is 2. The minimum Gasteiger partial charge on any atom is -0.301 e. The van der Waals surface area contributed by atoms with Crippen molar-refractivity contribution in [2.75, 3.05) is 33.2 Å². The molecule has 1 fully saturated rings. The average molecular weight is 260 g/mol. The first-order valence-electron chi connectivity index (χ1n) is 7.72. The molecule has 2 atom stereocenters. The molecule has 0 N–H and O–H groups in total. The fourth-order valence-corrected chi connectivity index (χ4v) is 3.12. The summed E-state index contributed by atoms with van der Waals surface area (Å²) in [5.74, 6) is 0.683. The van der Waals surface area contributed by atoms with E-state index in [1.807, 2.05) is 0 Å². The summed E-state index contributed by atoms with van der Waals surface area (Å²) in [6, 6.07) is 11.7. The molecule has 0 aromatic heterocycles. The van der Waals surface area contributed by atoms with Crippen molar-refractivity contribution in [3.05, 3.63) is 35.9 Å². The third kappa shape index (κ3) is 3.80. The van der Waals surface area contributed by atoms with Crippen LogP contribution in [0, 0.1) is 0 Å². The third-order valence-electron chi connectivity index (χ3n) is 4.57. The lowest BCUT2D eigenvalue weighted by molar-refractivity contribution is 0.0883. The Morgan fingerprint density at radius 2 is 1.89 bits per heavy atom. The van der Waals surface area contributed by atoms with Gasteiger partial charge in [0, 0.05) is 32.2 Å². The smallest absolute Gasteiger partial charge is 0.0218 e. The van der Waals surface area contributed by atoms with Crippen LogP contribution in [0.1, 0.15) is 38.2 Å². The summed E-state index contributed by atoms with van der Waals surface area (Å²) in [5, 5.41) is 0. The Labute approximate surface area is 118 Å². The van der Waals surface area contributed by atoms with Gasteiger partial charge in [-0.15, -0.1) is 0 Å². The van der Waals surface area contributed by atoms with Crippen molar-refractivity contribution in [2.24, 2.45) is 0 Å². The van der Waals surface area contributed by atoms with Crippen LogP contribution in [-0.2, 0) is 0 Å². The van der Waals surface area contributed by atoms with E-state index < -0.39 is 0 Å². The lowest BCUT2D eigenvalue weighted by atomic mass is 9.95. The quantitative estimate of drug-likeness (QED) is 0.802. The van der Waals surface area contributed by atoms with Gasteiger partial charge in [-0.05, 0) is 31.4 Å². The average Bonchev–Trinajstić information content (AvgIpc) is 2.47. The van der Waals surface area contributed by atoms with Crippen LogP contribution in [0.25, 0.3) is 0 Å². The van der Waals surface area contributed by atoms with Crippen molar-refractivity contribution in [2.45, 2.75) is 38.6 Å².